The van der Waals surface area contributed by atoms with Gasteiger partial charge in [-0.2, -0.15) is 0 Å². The van der Waals surface area contributed by atoms with E-state index in [1.165, 1.54) is 4.48 Å². The fraction of sp³-hybridized carbons (Fsp3) is 0.714. The molecule has 0 rings (SSSR count). The quantitative estimate of drug-likeness (QED) is 0.532. The Morgan fingerprint density at radius 2 is 1.75 bits per heavy atom. The van der Waals surface area contributed by atoms with Gasteiger partial charge in [-0.3, -0.25) is 0 Å². The number of rotatable bonds is 0. The van der Waals surface area contributed by atoms with Crippen LogP contribution in [0.2, 0.25) is 0 Å². The molecule has 1 heteroatoms. The standard InChI is InChI=1S/C7H13Br/c1-5-6(8)7(2,3)4/h5H,1-4H3/b6-5+. The van der Waals surface area contributed by atoms with E-state index in [-0.39, 0.29) is 5.41 Å². The summed E-state index contributed by atoms with van der Waals surface area (Å²) in [4.78, 5) is 0. The van der Waals surface area contributed by atoms with Gasteiger partial charge < -0.3 is 0 Å². The smallest absolute Gasteiger partial charge is 0.00384 e. The largest absolute Gasteiger partial charge is 0.0770 e. The molecule has 48 valence electrons. The van der Waals surface area contributed by atoms with Crippen molar-refractivity contribution < 1.29 is 0 Å². The van der Waals surface area contributed by atoms with E-state index in [2.05, 4.69) is 42.8 Å². The van der Waals surface area contributed by atoms with Crippen LogP contribution in [0.25, 0.3) is 0 Å². The predicted octanol–water partition coefficient (Wildman–Crippen LogP) is 3.33. The van der Waals surface area contributed by atoms with Crippen molar-refractivity contribution in [3.8, 4) is 0 Å². The second-order valence-corrected chi connectivity index (χ2v) is 3.74. The van der Waals surface area contributed by atoms with Gasteiger partial charge in [-0.1, -0.05) is 42.8 Å². The minimum absolute atomic E-state index is 0.286. The summed E-state index contributed by atoms with van der Waals surface area (Å²) in [6.45, 7) is 8.57. The monoisotopic (exact) mass is 176 g/mol. The molecule has 0 unspecified atom stereocenters. The van der Waals surface area contributed by atoms with E-state index in [1.54, 1.807) is 0 Å². The Balaban J connectivity index is 4.03. The van der Waals surface area contributed by atoms with Gasteiger partial charge in [-0.25, -0.2) is 0 Å². The first kappa shape index (κ1) is 8.22. The van der Waals surface area contributed by atoms with Crippen molar-refractivity contribution >= 4 is 15.9 Å². The van der Waals surface area contributed by atoms with Crippen LogP contribution in [-0.4, -0.2) is 0 Å². The Morgan fingerprint density at radius 3 is 1.75 bits per heavy atom. The molecule has 0 radical (unpaired) electrons. The van der Waals surface area contributed by atoms with E-state index in [9.17, 15) is 0 Å². The molecule has 0 aromatic heterocycles. The van der Waals surface area contributed by atoms with Gasteiger partial charge in [-0.05, 0) is 16.8 Å². The molecule has 0 aliphatic heterocycles. The summed E-state index contributed by atoms with van der Waals surface area (Å²) >= 11 is 3.46. The fourth-order valence-corrected chi connectivity index (χ4v) is 0.433. The zero-order valence-electron chi connectivity index (χ0n) is 5.96. The van der Waals surface area contributed by atoms with E-state index >= 15 is 0 Å². The van der Waals surface area contributed by atoms with E-state index < -0.39 is 0 Å². The van der Waals surface area contributed by atoms with Crippen molar-refractivity contribution in [1.82, 2.24) is 0 Å². The van der Waals surface area contributed by atoms with Crippen molar-refractivity contribution in [1.29, 1.82) is 0 Å². The van der Waals surface area contributed by atoms with Gasteiger partial charge in [0.2, 0.25) is 0 Å². The van der Waals surface area contributed by atoms with Gasteiger partial charge in [0.25, 0.3) is 0 Å². The summed E-state index contributed by atoms with van der Waals surface area (Å²) < 4.78 is 1.27. The lowest BCUT2D eigenvalue weighted by Gasteiger charge is -2.16. The van der Waals surface area contributed by atoms with Gasteiger partial charge in [0, 0.05) is 0 Å². The second kappa shape index (κ2) is 2.67. The first-order valence-electron chi connectivity index (χ1n) is 2.81. The van der Waals surface area contributed by atoms with E-state index in [1.807, 2.05) is 6.92 Å². The lowest BCUT2D eigenvalue weighted by Crippen LogP contribution is -2.03. The Morgan fingerprint density at radius 1 is 1.38 bits per heavy atom. The minimum atomic E-state index is 0.286. The maximum atomic E-state index is 3.46. The molecule has 0 amide bonds. The van der Waals surface area contributed by atoms with Gasteiger partial charge in [-0.15, -0.1) is 0 Å². The summed E-state index contributed by atoms with van der Waals surface area (Å²) in [5, 5.41) is 0. The third-order valence-corrected chi connectivity index (χ3v) is 2.62. The Kier molecular flexibility index (Phi) is 2.75. The average molecular weight is 177 g/mol. The van der Waals surface area contributed by atoms with Crippen LogP contribution in [0, 0.1) is 5.41 Å². The lowest BCUT2D eigenvalue weighted by molar-refractivity contribution is 0.535. The molecular formula is C7H13Br. The highest BCUT2D eigenvalue weighted by atomic mass is 79.9. The number of hydrogen-bond acceptors (Lipinski definition) is 0. The summed E-state index contributed by atoms with van der Waals surface area (Å²) in [5.41, 5.74) is 0.286. The highest BCUT2D eigenvalue weighted by Gasteiger charge is 2.11. The van der Waals surface area contributed by atoms with Gasteiger partial charge in [0.1, 0.15) is 0 Å². The lowest BCUT2D eigenvalue weighted by atomic mass is 9.96. The van der Waals surface area contributed by atoms with Crippen LogP contribution in [0.1, 0.15) is 27.7 Å². The van der Waals surface area contributed by atoms with E-state index in [0.717, 1.165) is 0 Å². The van der Waals surface area contributed by atoms with Crippen molar-refractivity contribution in [3.05, 3.63) is 10.6 Å². The molecule has 0 aromatic rings. The molecular weight excluding hydrogens is 164 g/mol. The normalized spacial score (nSPS) is 14.4. The highest BCUT2D eigenvalue weighted by Crippen LogP contribution is 2.29. The maximum Gasteiger partial charge on any atom is -0.00384 e. The van der Waals surface area contributed by atoms with Crippen LogP contribution in [0.3, 0.4) is 0 Å². The van der Waals surface area contributed by atoms with Gasteiger partial charge >= 0.3 is 0 Å². The Bertz CT molecular complexity index is 95.4. The van der Waals surface area contributed by atoms with Crippen molar-refractivity contribution in [2.24, 2.45) is 5.41 Å². The van der Waals surface area contributed by atoms with Gasteiger partial charge in [0.15, 0.2) is 0 Å². The first-order chi connectivity index (χ1) is 3.48. The van der Waals surface area contributed by atoms with Crippen LogP contribution in [0.15, 0.2) is 10.6 Å². The fourth-order valence-electron chi connectivity index (χ4n) is 0.433. The molecule has 8 heavy (non-hydrogen) atoms. The zero-order chi connectivity index (χ0) is 6.78. The van der Waals surface area contributed by atoms with Crippen molar-refractivity contribution in [2.45, 2.75) is 27.7 Å². The van der Waals surface area contributed by atoms with Crippen LogP contribution < -0.4 is 0 Å². The number of hydrogen-bond donors (Lipinski definition) is 0. The maximum absolute atomic E-state index is 3.46. The SMILES string of the molecule is C/C=C(/Br)C(C)(C)C. The molecule has 0 aliphatic rings. The van der Waals surface area contributed by atoms with Crippen LogP contribution in [0.4, 0.5) is 0 Å². The number of allylic oxidation sites excluding steroid dienone is 2. The van der Waals surface area contributed by atoms with Crippen LogP contribution in [-0.2, 0) is 0 Å². The molecule has 0 saturated heterocycles. The van der Waals surface area contributed by atoms with Crippen molar-refractivity contribution in [3.63, 3.8) is 0 Å². The average Bonchev–Trinajstić information content (AvgIpc) is 1.62. The number of halogens is 1. The molecule has 0 N–H and O–H groups in total. The van der Waals surface area contributed by atoms with E-state index in [4.69, 9.17) is 0 Å². The topological polar surface area (TPSA) is 0 Å². The summed E-state index contributed by atoms with van der Waals surface area (Å²) in [6.07, 6.45) is 2.08. The van der Waals surface area contributed by atoms with Crippen LogP contribution >= 0.6 is 15.9 Å². The zero-order valence-corrected chi connectivity index (χ0v) is 7.54. The summed E-state index contributed by atoms with van der Waals surface area (Å²) in [5.74, 6) is 0. The summed E-state index contributed by atoms with van der Waals surface area (Å²) in [7, 11) is 0. The predicted molar refractivity (Wildman–Crippen MR) is 42.1 cm³/mol. The Labute approximate surface area is 60.1 Å². The molecule has 0 fully saturated rings. The summed E-state index contributed by atoms with van der Waals surface area (Å²) in [6, 6.07) is 0. The molecule has 0 spiro atoms. The van der Waals surface area contributed by atoms with Crippen LogP contribution in [0.5, 0.6) is 0 Å². The third kappa shape index (κ3) is 2.51. The molecule has 0 nitrogen and oxygen atoms in total. The second-order valence-electron chi connectivity index (χ2n) is 2.89. The molecule has 0 saturated carbocycles. The van der Waals surface area contributed by atoms with Crippen molar-refractivity contribution in [2.75, 3.05) is 0 Å². The molecule has 0 bridgehead atoms. The molecule has 0 heterocycles. The molecule has 0 aliphatic carbocycles. The van der Waals surface area contributed by atoms with E-state index in [0.29, 0.717) is 0 Å². The van der Waals surface area contributed by atoms with Gasteiger partial charge in [0.05, 0.1) is 0 Å². The minimum Gasteiger partial charge on any atom is -0.0770 e. The Hall–Kier alpha value is 0.220. The molecule has 0 atom stereocenters. The first-order valence-corrected chi connectivity index (χ1v) is 3.60. The highest BCUT2D eigenvalue weighted by molar-refractivity contribution is 9.11. The third-order valence-electron chi connectivity index (χ3n) is 0.970. The molecule has 0 aromatic carbocycles.